The van der Waals surface area contributed by atoms with Gasteiger partial charge in [-0.3, -0.25) is 0 Å². The van der Waals surface area contributed by atoms with Gasteiger partial charge in [0.25, 0.3) is 0 Å². The maximum atomic E-state index is 13.1. The number of piperidine rings is 1. The Kier molecular flexibility index (Phi) is 4.70. The van der Waals surface area contributed by atoms with Crippen molar-refractivity contribution in [3.8, 4) is 0 Å². The van der Waals surface area contributed by atoms with Gasteiger partial charge in [-0.25, -0.2) is 12.8 Å². The Balaban J connectivity index is 1.82. The lowest BCUT2D eigenvalue weighted by atomic mass is 9.99. The van der Waals surface area contributed by atoms with Gasteiger partial charge in [0, 0.05) is 19.0 Å². The Hall–Kier alpha value is -0.730. The maximum Gasteiger partial charge on any atom is 0.244 e. The van der Waals surface area contributed by atoms with Gasteiger partial charge in [0.2, 0.25) is 10.0 Å². The number of benzene rings is 1. The quantitative estimate of drug-likeness (QED) is 0.840. The summed E-state index contributed by atoms with van der Waals surface area (Å²) >= 11 is 5.90. The Bertz CT molecular complexity index is 648. The molecule has 2 saturated heterocycles. The lowest BCUT2D eigenvalue weighted by molar-refractivity contribution is -0.0940. The molecule has 2 heterocycles. The van der Waals surface area contributed by atoms with E-state index in [1.54, 1.807) is 0 Å². The molecule has 0 bridgehead atoms. The van der Waals surface area contributed by atoms with Crippen LogP contribution in [0.3, 0.4) is 0 Å². The van der Waals surface area contributed by atoms with E-state index in [4.69, 9.17) is 21.1 Å². The second kappa shape index (κ2) is 6.41. The van der Waals surface area contributed by atoms with Crippen molar-refractivity contribution >= 4 is 21.6 Å². The van der Waals surface area contributed by atoms with E-state index in [1.165, 1.54) is 10.4 Å². The summed E-state index contributed by atoms with van der Waals surface area (Å²) in [6.07, 6.45) is 1.24. The van der Waals surface area contributed by atoms with Gasteiger partial charge in [0.1, 0.15) is 10.7 Å². The lowest BCUT2D eigenvalue weighted by Crippen LogP contribution is -2.43. The van der Waals surface area contributed by atoms with Gasteiger partial charge >= 0.3 is 0 Å². The first-order chi connectivity index (χ1) is 10.5. The summed E-state index contributed by atoms with van der Waals surface area (Å²) in [6, 6.07) is 3.32. The van der Waals surface area contributed by atoms with Crippen LogP contribution in [0.4, 0.5) is 4.39 Å². The zero-order chi connectivity index (χ0) is 15.7. The van der Waals surface area contributed by atoms with Crippen LogP contribution in [0, 0.1) is 11.7 Å². The minimum Gasteiger partial charge on any atom is -0.350 e. The standard InChI is InChI=1S/C14H17ClFNO4S/c15-12-8-11(16)3-4-13(12)22(18,19)17-5-1-2-10(9-17)14-20-6-7-21-14/h3-4,8,10,14H,1-2,5-7,9H2. The number of hydrogen-bond acceptors (Lipinski definition) is 4. The molecule has 22 heavy (non-hydrogen) atoms. The first kappa shape index (κ1) is 16.1. The summed E-state index contributed by atoms with van der Waals surface area (Å²) in [7, 11) is -3.75. The van der Waals surface area contributed by atoms with E-state index in [9.17, 15) is 12.8 Å². The highest BCUT2D eigenvalue weighted by atomic mass is 35.5. The van der Waals surface area contributed by atoms with Crippen molar-refractivity contribution in [3.63, 3.8) is 0 Å². The van der Waals surface area contributed by atoms with Crippen molar-refractivity contribution in [1.82, 2.24) is 4.31 Å². The highest BCUT2D eigenvalue weighted by Gasteiger charge is 2.36. The minimum atomic E-state index is -3.75. The fraction of sp³-hybridized carbons (Fsp3) is 0.571. The Labute approximate surface area is 134 Å². The van der Waals surface area contributed by atoms with Crippen LogP contribution in [0.2, 0.25) is 5.02 Å². The summed E-state index contributed by atoms with van der Waals surface area (Å²) in [5.41, 5.74) is 0. The average molecular weight is 350 g/mol. The predicted octanol–water partition coefficient (Wildman–Crippen LogP) is 2.25. The number of halogens is 2. The van der Waals surface area contributed by atoms with Crippen LogP contribution in [0.15, 0.2) is 23.1 Å². The molecule has 122 valence electrons. The van der Waals surface area contributed by atoms with Crippen molar-refractivity contribution in [2.45, 2.75) is 24.0 Å². The molecule has 0 amide bonds. The topological polar surface area (TPSA) is 55.8 Å². The summed E-state index contributed by atoms with van der Waals surface area (Å²) in [6.45, 7) is 1.81. The fourth-order valence-corrected chi connectivity index (χ4v) is 4.93. The zero-order valence-electron chi connectivity index (χ0n) is 11.9. The average Bonchev–Trinajstić information content (AvgIpc) is 3.01. The van der Waals surface area contributed by atoms with Crippen molar-refractivity contribution in [2.75, 3.05) is 26.3 Å². The molecule has 0 saturated carbocycles. The zero-order valence-corrected chi connectivity index (χ0v) is 13.4. The SMILES string of the molecule is O=S(=O)(c1ccc(F)cc1Cl)N1CCCC(C2OCCO2)C1. The molecule has 1 aromatic rings. The van der Waals surface area contributed by atoms with Crippen LogP contribution in [0.1, 0.15) is 12.8 Å². The third-order valence-electron chi connectivity index (χ3n) is 3.96. The fourth-order valence-electron chi connectivity index (χ4n) is 2.89. The molecule has 5 nitrogen and oxygen atoms in total. The van der Waals surface area contributed by atoms with E-state index >= 15 is 0 Å². The number of ether oxygens (including phenoxy) is 2. The summed E-state index contributed by atoms with van der Waals surface area (Å²) < 4.78 is 50.9. The molecule has 1 aromatic carbocycles. The molecular formula is C14H17ClFNO4S. The molecule has 2 fully saturated rings. The second-order valence-electron chi connectivity index (χ2n) is 5.45. The molecule has 1 atom stereocenters. The Morgan fingerprint density at radius 1 is 1.27 bits per heavy atom. The van der Waals surface area contributed by atoms with Gasteiger partial charge in [-0.1, -0.05) is 11.6 Å². The number of sulfonamides is 1. The van der Waals surface area contributed by atoms with Crippen LogP contribution in [0.5, 0.6) is 0 Å². The van der Waals surface area contributed by atoms with Crippen molar-refractivity contribution in [2.24, 2.45) is 5.92 Å². The lowest BCUT2D eigenvalue weighted by Gasteiger charge is -2.34. The molecule has 0 aromatic heterocycles. The number of hydrogen-bond donors (Lipinski definition) is 0. The first-order valence-electron chi connectivity index (χ1n) is 7.17. The van der Waals surface area contributed by atoms with E-state index in [0.717, 1.165) is 25.0 Å². The molecular weight excluding hydrogens is 333 g/mol. The summed E-state index contributed by atoms with van der Waals surface area (Å²) in [5.74, 6) is -0.557. The van der Waals surface area contributed by atoms with Gasteiger partial charge in [-0.05, 0) is 31.0 Å². The van der Waals surface area contributed by atoms with Crippen LogP contribution in [0.25, 0.3) is 0 Å². The van der Waals surface area contributed by atoms with Gasteiger partial charge in [-0.15, -0.1) is 0 Å². The largest absolute Gasteiger partial charge is 0.350 e. The molecule has 0 spiro atoms. The Morgan fingerprint density at radius 2 is 2.00 bits per heavy atom. The molecule has 2 aliphatic rings. The van der Waals surface area contributed by atoms with Gasteiger partial charge in [0.05, 0.1) is 18.2 Å². The second-order valence-corrected chi connectivity index (χ2v) is 7.76. The van der Waals surface area contributed by atoms with Gasteiger partial charge < -0.3 is 9.47 Å². The Morgan fingerprint density at radius 3 is 2.68 bits per heavy atom. The minimum absolute atomic E-state index is 0.00486. The van der Waals surface area contributed by atoms with Crippen molar-refractivity contribution in [1.29, 1.82) is 0 Å². The highest BCUT2D eigenvalue weighted by molar-refractivity contribution is 7.89. The van der Waals surface area contributed by atoms with E-state index in [0.29, 0.717) is 26.3 Å². The van der Waals surface area contributed by atoms with Crippen LogP contribution >= 0.6 is 11.6 Å². The van der Waals surface area contributed by atoms with E-state index < -0.39 is 15.8 Å². The molecule has 2 aliphatic heterocycles. The normalized spacial score (nSPS) is 24.7. The molecule has 0 radical (unpaired) electrons. The predicted molar refractivity (Wildman–Crippen MR) is 78.6 cm³/mol. The van der Waals surface area contributed by atoms with Crippen molar-refractivity contribution < 1.29 is 22.3 Å². The smallest absolute Gasteiger partial charge is 0.244 e. The van der Waals surface area contributed by atoms with Gasteiger partial charge in [-0.2, -0.15) is 4.31 Å². The summed E-state index contributed by atoms with van der Waals surface area (Å²) in [5, 5.41) is -0.101. The van der Waals surface area contributed by atoms with Gasteiger partial charge in [0.15, 0.2) is 6.29 Å². The first-order valence-corrected chi connectivity index (χ1v) is 8.99. The van der Waals surface area contributed by atoms with Crippen molar-refractivity contribution in [3.05, 3.63) is 29.0 Å². The number of nitrogens with zero attached hydrogens (tertiary/aromatic N) is 1. The van der Waals surface area contributed by atoms with E-state index in [2.05, 4.69) is 0 Å². The number of rotatable bonds is 3. The third kappa shape index (κ3) is 3.14. The van der Waals surface area contributed by atoms with Crippen LogP contribution < -0.4 is 0 Å². The molecule has 1 unspecified atom stereocenters. The van der Waals surface area contributed by atoms with E-state index in [1.807, 2.05) is 0 Å². The molecule has 0 aliphatic carbocycles. The van der Waals surface area contributed by atoms with E-state index in [-0.39, 0.29) is 22.1 Å². The molecule has 3 rings (SSSR count). The highest BCUT2D eigenvalue weighted by Crippen LogP contribution is 2.31. The summed E-state index contributed by atoms with van der Waals surface area (Å²) in [4.78, 5) is -0.0653. The third-order valence-corrected chi connectivity index (χ3v) is 6.31. The van der Waals surface area contributed by atoms with Crippen LogP contribution in [-0.2, 0) is 19.5 Å². The van der Waals surface area contributed by atoms with Crippen LogP contribution in [-0.4, -0.2) is 45.3 Å². The molecule has 8 heteroatoms. The monoisotopic (exact) mass is 349 g/mol. The molecule has 0 N–H and O–H groups in total. The maximum absolute atomic E-state index is 13.1.